The molecule has 4 aromatic rings. The first kappa shape index (κ1) is 17.3. The Morgan fingerprint density at radius 2 is 1.81 bits per heavy atom. The molecule has 0 aliphatic carbocycles. The van der Waals surface area contributed by atoms with Crippen LogP contribution in [-0.2, 0) is 12.1 Å². The van der Waals surface area contributed by atoms with Gasteiger partial charge in [-0.1, -0.05) is 42.5 Å². The third-order valence-corrected chi connectivity index (χ3v) is 4.71. The molecule has 0 fully saturated rings. The average Bonchev–Trinajstić information content (AvgIpc) is 3.07. The van der Waals surface area contributed by atoms with E-state index in [1.54, 1.807) is 10.9 Å². The van der Waals surface area contributed by atoms with E-state index in [4.69, 9.17) is 4.98 Å². The van der Waals surface area contributed by atoms with Gasteiger partial charge >= 0.3 is 0 Å². The largest absolute Gasteiger partial charge is 0.341 e. The molecule has 27 heavy (non-hydrogen) atoms. The van der Waals surface area contributed by atoms with Crippen LogP contribution in [-0.4, -0.2) is 26.8 Å². The van der Waals surface area contributed by atoms with E-state index in [1.807, 2.05) is 44.9 Å². The lowest BCUT2D eigenvalue weighted by Gasteiger charge is -2.22. The van der Waals surface area contributed by atoms with Crippen molar-refractivity contribution >= 4 is 27.8 Å². The molecule has 0 atom stereocenters. The van der Waals surface area contributed by atoms with E-state index in [2.05, 4.69) is 40.4 Å². The smallest absolute Gasteiger partial charge is 0.263 e. The highest BCUT2D eigenvalue weighted by atomic mass is 16.1. The first-order chi connectivity index (χ1) is 12.8. The molecule has 6 nitrogen and oxygen atoms in total. The highest BCUT2D eigenvalue weighted by Crippen LogP contribution is 2.22. The maximum absolute atomic E-state index is 12.5. The molecule has 0 unspecified atom stereocenters. The number of anilines is 1. The van der Waals surface area contributed by atoms with Crippen LogP contribution in [0.3, 0.4) is 0 Å². The summed E-state index contributed by atoms with van der Waals surface area (Å²) in [6.07, 6.45) is 1.58. The molecule has 0 saturated heterocycles. The molecular weight excluding hydrogens is 338 g/mol. The van der Waals surface area contributed by atoms with Crippen molar-refractivity contribution in [2.45, 2.75) is 32.9 Å². The number of nitrogens with zero attached hydrogens (tertiary/aromatic N) is 4. The molecule has 1 N–H and O–H groups in total. The minimum Gasteiger partial charge on any atom is -0.341 e. The molecule has 2 aromatic heterocycles. The molecule has 0 bridgehead atoms. The summed E-state index contributed by atoms with van der Waals surface area (Å²) >= 11 is 0. The van der Waals surface area contributed by atoms with Crippen LogP contribution < -0.4 is 10.5 Å². The van der Waals surface area contributed by atoms with Gasteiger partial charge in [0.25, 0.3) is 5.56 Å². The second-order valence-electron chi connectivity index (χ2n) is 7.85. The van der Waals surface area contributed by atoms with Crippen molar-refractivity contribution in [2.24, 2.45) is 0 Å². The van der Waals surface area contributed by atoms with Crippen LogP contribution in [0.4, 0.5) is 5.95 Å². The number of hydrogen-bond acceptors (Lipinski definition) is 4. The predicted octanol–water partition coefficient (Wildman–Crippen LogP) is 3.66. The lowest BCUT2D eigenvalue weighted by molar-refractivity contribution is 0.366. The highest BCUT2D eigenvalue weighted by Gasteiger charge is 2.20. The van der Waals surface area contributed by atoms with Gasteiger partial charge in [-0.25, -0.2) is 4.68 Å². The van der Waals surface area contributed by atoms with Crippen molar-refractivity contribution in [3.05, 3.63) is 64.6 Å². The number of fused-ring (bicyclic) bond motifs is 2. The molecule has 0 aliphatic heterocycles. The Bertz CT molecular complexity index is 1180. The van der Waals surface area contributed by atoms with Gasteiger partial charge in [0.15, 0.2) is 5.65 Å². The van der Waals surface area contributed by atoms with Gasteiger partial charge in [-0.15, -0.1) is 0 Å². The Kier molecular flexibility index (Phi) is 3.98. The van der Waals surface area contributed by atoms with Crippen molar-refractivity contribution in [1.29, 1.82) is 0 Å². The van der Waals surface area contributed by atoms with Gasteiger partial charge in [0.1, 0.15) is 5.39 Å². The molecule has 6 heteroatoms. The minimum absolute atomic E-state index is 0.171. The van der Waals surface area contributed by atoms with Crippen molar-refractivity contribution in [3.63, 3.8) is 0 Å². The van der Waals surface area contributed by atoms with E-state index in [9.17, 15) is 4.79 Å². The first-order valence-corrected chi connectivity index (χ1v) is 9.01. The molecule has 138 valence electrons. The summed E-state index contributed by atoms with van der Waals surface area (Å²) in [5.41, 5.74) is 1.36. The zero-order chi connectivity index (χ0) is 19.2. The second-order valence-corrected chi connectivity index (χ2v) is 7.85. The fourth-order valence-corrected chi connectivity index (χ4v) is 3.34. The second kappa shape index (κ2) is 6.23. The number of nitrogens with one attached hydrogen (secondary N) is 1. The summed E-state index contributed by atoms with van der Waals surface area (Å²) in [5, 5.41) is 7.28. The predicted molar refractivity (Wildman–Crippen MR) is 109 cm³/mol. The lowest BCUT2D eigenvalue weighted by atomic mass is 10.0. The van der Waals surface area contributed by atoms with Gasteiger partial charge < -0.3 is 4.90 Å². The zero-order valence-electron chi connectivity index (χ0n) is 16.0. The number of H-pyrrole nitrogens is 1. The maximum atomic E-state index is 12.5. The molecule has 0 aliphatic rings. The molecule has 0 radical (unpaired) electrons. The number of rotatable bonds is 3. The normalized spacial score (nSPS) is 12.0. The fourth-order valence-electron chi connectivity index (χ4n) is 3.34. The zero-order valence-corrected chi connectivity index (χ0v) is 16.0. The standard InChI is InChI=1S/C21H23N5O/c1-21(2,3)26-18-17(12-22-26)19(27)24-20(23-18)25(4)13-15-10-7-9-14-8-5-6-11-16(14)15/h5-12H,13H2,1-4H3,(H,23,24,27). The topological polar surface area (TPSA) is 66.8 Å². The lowest BCUT2D eigenvalue weighted by Crippen LogP contribution is -2.26. The Balaban J connectivity index is 1.76. The van der Waals surface area contributed by atoms with E-state index in [0.717, 1.165) is 0 Å². The van der Waals surface area contributed by atoms with Crippen molar-refractivity contribution in [2.75, 3.05) is 11.9 Å². The van der Waals surface area contributed by atoms with Gasteiger partial charge in [-0.3, -0.25) is 9.78 Å². The van der Waals surface area contributed by atoms with Gasteiger partial charge in [0, 0.05) is 13.6 Å². The summed E-state index contributed by atoms with van der Waals surface area (Å²) in [4.78, 5) is 22.1. The number of benzene rings is 2. The maximum Gasteiger partial charge on any atom is 0.263 e. The highest BCUT2D eigenvalue weighted by molar-refractivity contribution is 5.85. The Hall–Kier alpha value is -3.15. The van der Waals surface area contributed by atoms with Crippen molar-refractivity contribution in [3.8, 4) is 0 Å². The first-order valence-electron chi connectivity index (χ1n) is 9.01. The van der Waals surface area contributed by atoms with Crippen LogP contribution in [0.25, 0.3) is 21.8 Å². The quantitative estimate of drug-likeness (QED) is 0.605. The number of hydrogen-bond donors (Lipinski definition) is 1. The Labute approximate surface area is 157 Å². The minimum atomic E-state index is -0.256. The summed E-state index contributed by atoms with van der Waals surface area (Å²) in [6.45, 7) is 6.77. The Morgan fingerprint density at radius 3 is 2.59 bits per heavy atom. The third kappa shape index (κ3) is 3.07. The van der Waals surface area contributed by atoms with E-state index >= 15 is 0 Å². The fraction of sp³-hybridized carbons (Fsp3) is 0.286. The SMILES string of the molecule is CN(Cc1cccc2ccccc12)c1nc2c(cnn2C(C)(C)C)c(=O)[nH]1. The molecule has 2 heterocycles. The van der Waals surface area contributed by atoms with Crippen molar-refractivity contribution < 1.29 is 0 Å². The van der Waals surface area contributed by atoms with E-state index in [1.165, 1.54) is 16.3 Å². The monoisotopic (exact) mass is 361 g/mol. The van der Waals surface area contributed by atoms with Crippen LogP contribution in [0.2, 0.25) is 0 Å². The molecule has 0 spiro atoms. The van der Waals surface area contributed by atoms with Crippen LogP contribution in [0, 0.1) is 0 Å². The summed E-state index contributed by atoms with van der Waals surface area (Å²) in [7, 11) is 1.93. The van der Waals surface area contributed by atoms with Gasteiger partial charge in [0.2, 0.25) is 5.95 Å². The average molecular weight is 361 g/mol. The third-order valence-electron chi connectivity index (χ3n) is 4.71. The molecule has 0 saturated carbocycles. The summed E-state index contributed by atoms with van der Waals surface area (Å²) < 4.78 is 1.80. The van der Waals surface area contributed by atoms with Crippen LogP contribution in [0.1, 0.15) is 26.3 Å². The van der Waals surface area contributed by atoms with Gasteiger partial charge in [-0.05, 0) is 37.1 Å². The molecule has 2 aromatic carbocycles. The number of aromatic nitrogens is 4. The summed E-state index contributed by atoms with van der Waals surface area (Å²) in [6, 6.07) is 14.6. The summed E-state index contributed by atoms with van der Waals surface area (Å²) in [5.74, 6) is 0.534. The molecular formula is C21H23N5O. The molecule has 0 amide bonds. The van der Waals surface area contributed by atoms with E-state index in [0.29, 0.717) is 23.5 Å². The van der Waals surface area contributed by atoms with Crippen LogP contribution in [0.15, 0.2) is 53.5 Å². The Morgan fingerprint density at radius 1 is 1.07 bits per heavy atom. The van der Waals surface area contributed by atoms with Crippen LogP contribution >= 0.6 is 0 Å². The van der Waals surface area contributed by atoms with E-state index < -0.39 is 0 Å². The van der Waals surface area contributed by atoms with Crippen LogP contribution in [0.5, 0.6) is 0 Å². The van der Waals surface area contributed by atoms with Gasteiger partial charge in [0.05, 0.1) is 11.7 Å². The number of aromatic amines is 1. The molecule has 4 rings (SSSR count). The van der Waals surface area contributed by atoms with Gasteiger partial charge in [-0.2, -0.15) is 10.1 Å². The van der Waals surface area contributed by atoms with E-state index in [-0.39, 0.29) is 11.1 Å². The van der Waals surface area contributed by atoms with Crippen molar-refractivity contribution in [1.82, 2.24) is 19.7 Å².